The number of hydrogen-bond donors (Lipinski definition) is 0. The predicted molar refractivity (Wildman–Crippen MR) is 63.5 cm³/mol. The maximum atomic E-state index is 5.55. The van der Waals surface area contributed by atoms with Gasteiger partial charge in [0.2, 0.25) is 0 Å². The van der Waals surface area contributed by atoms with E-state index in [9.17, 15) is 0 Å². The Balaban J connectivity index is 0.000000386. The third-order valence-electron chi connectivity index (χ3n) is 1.66. The fourth-order valence-electron chi connectivity index (χ4n) is 1.06. The largest absolute Gasteiger partial charge is 0.457 e. The van der Waals surface area contributed by atoms with E-state index in [4.69, 9.17) is 21.8 Å². The molecule has 2 aromatic rings. The van der Waals surface area contributed by atoms with Crippen LogP contribution in [0.1, 0.15) is 0 Å². The average molecular weight is 331 g/mol. The molecule has 0 aliphatic carbocycles. The van der Waals surface area contributed by atoms with Crippen LogP contribution in [0.15, 0.2) is 54.6 Å². The van der Waals surface area contributed by atoms with Gasteiger partial charge in [0.25, 0.3) is 0 Å². The summed E-state index contributed by atoms with van der Waals surface area (Å²) in [6, 6.07) is 20.1. The van der Waals surface area contributed by atoms with Gasteiger partial charge >= 0.3 is 37.9 Å². The van der Waals surface area contributed by atoms with Gasteiger partial charge in [0.15, 0.2) is 0 Å². The average Bonchev–Trinajstić information content (AvgIpc) is 2.33. The molecule has 0 N–H and O–H groups in total. The number of hydrogen-bond acceptors (Lipinski definition) is 1. The molecule has 0 fully saturated rings. The SMILES string of the molecule is [Cl][Zr][Cl].[c]1cccc(Oc2ccccc2)c1. The molecule has 0 bridgehead atoms. The summed E-state index contributed by atoms with van der Waals surface area (Å²) in [5.74, 6) is 1.66. The molecule has 81 valence electrons. The molecule has 1 nitrogen and oxygen atoms in total. The normalized spacial score (nSPS) is 8.62. The Kier molecular flexibility index (Phi) is 7.58. The fraction of sp³-hybridized carbons (Fsp3) is 0. The molecular weight excluding hydrogens is 322 g/mol. The van der Waals surface area contributed by atoms with Crippen molar-refractivity contribution >= 4 is 17.0 Å². The smallest absolute Gasteiger partial charge is 0.128 e. The molecule has 0 unspecified atom stereocenters. The van der Waals surface area contributed by atoms with Crippen molar-refractivity contribution in [3.63, 3.8) is 0 Å². The second kappa shape index (κ2) is 8.81. The van der Waals surface area contributed by atoms with Gasteiger partial charge in [-0.15, -0.1) is 0 Å². The molecular formula is C12H9Cl2OZr. The summed E-state index contributed by atoms with van der Waals surface area (Å²) in [4.78, 5) is 0. The molecule has 2 aromatic carbocycles. The van der Waals surface area contributed by atoms with Crippen LogP contribution in [0.25, 0.3) is 0 Å². The van der Waals surface area contributed by atoms with Crippen LogP contribution in [0.3, 0.4) is 0 Å². The first-order valence-corrected chi connectivity index (χ1v) is 10.8. The standard InChI is InChI=1S/C12H9O.2ClH.Zr/c1-3-7-11(8-4-1)13-12-9-5-2-6-10-12;;;/h1-5,7-10H;2*1H;/q;;;+2/p-2. The quantitative estimate of drug-likeness (QED) is 0.778. The van der Waals surface area contributed by atoms with Crippen molar-refractivity contribution in [2.45, 2.75) is 0 Å². The summed E-state index contributed by atoms with van der Waals surface area (Å²) in [5, 5.41) is 0. The third-order valence-corrected chi connectivity index (χ3v) is 1.66. The Morgan fingerprint density at radius 1 is 0.938 bits per heavy atom. The van der Waals surface area contributed by atoms with Gasteiger partial charge in [-0.2, -0.15) is 0 Å². The van der Waals surface area contributed by atoms with Crippen LogP contribution in [-0.2, 0) is 20.8 Å². The molecule has 2 rings (SSSR count). The first-order chi connectivity index (χ1) is 7.86. The topological polar surface area (TPSA) is 9.23 Å². The summed E-state index contributed by atoms with van der Waals surface area (Å²) in [5.41, 5.74) is 0. The second-order valence-electron chi connectivity index (χ2n) is 2.73. The zero-order valence-electron chi connectivity index (χ0n) is 8.36. The molecule has 1 radical (unpaired) electrons. The molecule has 4 heteroatoms. The van der Waals surface area contributed by atoms with Crippen LogP contribution in [0.4, 0.5) is 0 Å². The van der Waals surface area contributed by atoms with Gasteiger partial charge in [-0.05, 0) is 30.3 Å². The van der Waals surface area contributed by atoms with E-state index in [0.29, 0.717) is 0 Å². The maximum absolute atomic E-state index is 5.55. The molecule has 0 aliphatic rings. The van der Waals surface area contributed by atoms with Crippen molar-refractivity contribution in [3.05, 3.63) is 60.7 Å². The van der Waals surface area contributed by atoms with Crippen LogP contribution in [0.5, 0.6) is 11.5 Å². The van der Waals surface area contributed by atoms with Gasteiger partial charge in [-0.25, -0.2) is 0 Å². The van der Waals surface area contributed by atoms with Crippen molar-refractivity contribution in [3.8, 4) is 11.5 Å². The van der Waals surface area contributed by atoms with Gasteiger partial charge in [0.1, 0.15) is 11.5 Å². The van der Waals surface area contributed by atoms with Gasteiger partial charge in [0, 0.05) is 0 Å². The molecule has 16 heavy (non-hydrogen) atoms. The predicted octanol–water partition coefficient (Wildman–Crippen LogP) is 4.66. The zero-order valence-corrected chi connectivity index (χ0v) is 12.3. The van der Waals surface area contributed by atoms with E-state index in [1.165, 1.54) is 0 Å². The fourth-order valence-corrected chi connectivity index (χ4v) is 1.06. The van der Waals surface area contributed by atoms with Crippen LogP contribution in [0.2, 0.25) is 0 Å². The molecule has 0 amide bonds. The zero-order chi connectivity index (χ0) is 11.6. The minimum absolute atomic E-state index is 0.814. The summed E-state index contributed by atoms with van der Waals surface area (Å²) in [6.45, 7) is 0. The Hall–Kier alpha value is -0.297. The van der Waals surface area contributed by atoms with Crippen LogP contribution < -0.4 is 4.74 Å². The van der Waals surface area contributed by atoms with Gasteiger partial charge < -0.3 is 4.74 Å². The van der Waals surface area contributed by atoms with Crippen molar-refractivity contribution in [1.29, 1.82) is 0 Å². The summed E-state index contributed by atoms with van der Waals surface area (Å²) in [7, 11) is 9.87. The molecule has 0 atom stereocenters. The number of rotatable bonds is 2. The molecule has 0 saturated heterocycles. The number of para-hydroxylation sites is 1. The second-order valence-corrected chi connectivity index (χ2v) is 6.46. The van der Waals surface area contributed by atoms with E-state index >= 15 is 0 Å². The van der Waals surface area contributed by atoms with Crippen LogP contribution in [0, 0.1) is 6.07 Å². The molecule has 0 aromatic heterocycles. The Bertz CT molecular complexity index is 343. The van der Waals surface area contributed by atoms with E-state index < -0.39 is 20.8 Å². The van der Waals surface area contributed by atoms with E-state index in [2.05, 4.69) is 6.07 Å². The Labute approximate surface area is 114 Å². The van der Waals surface area contributed by atoms with Gasteiger partial charge in [-0.3, -0.25) is 0 Å². The summed E-state index contributed by atoms with van der Waals surface area (Å²) >= 11 is -0.826. The van der Waals surface area contributed by atoms with E-state index in [0.717, 1.165) is 11.5 Å². The molecule has 0 aliphatic heterocycles. The van der Waals surface area contributed by atoms with Crippen molar-refractivity contribution in [2.24, 2.45) is 0 Å². The van der Waals surface area contributed by atoms with Crippen molar-refractivity contribution in [2.75, 3.05) is 0 Å². The molecule has 0 spiro atoms. The Morgan fingerprint density at radius 3 is 2.12 bits per heavy atom. The van der Waals surface area contributed by atoms with E-state index in [1.54, 1.807) is 0 Å². The number of benzene rings is 2. The van der Waals surface area contributed by atoms with E-state index in [1.807, 2.05) is 54.6 Å². The van der Waals surface area contributed by atoms with Gasteiger partial charge in [0.05, 0.1) is 0 Å². The summed E-state index contributed by atoms with van der Waals surface area (Å²) in [6.07, 6.45) is 0. The first kappa shape index (κ1) is 13.8. The number of ether oxygens (including phenoxy) is 1. The van der Waals surface area contributed by atoms with E-state index in [-0.39, 0.29) is 0 Å². The minimum atomic E-state index is -0.826. The minimum Gasteiger partial charge on any atom is -0.457 e. The Morgan fingerprint density at radius 2 is 1.56 bits per heavy atom. The maximum Gasteiger partial charge on any atom is 0.128 e. The van der Waals surface area contributed by atoms with Crippen molar-refractivity contribution < 1.29 is 25.6 Å². The third kappa shape index (κ3) is 5.70. The van der Waals surface area contributed by atoms with Crippen LogP contribution >= 0.6 is 17.0 Å². The van der Waals surface area contributed by atoms with Crippen LogP contribution in [-0.4, -0.2) is 0 Å². The first-order valence-electron chi connectivity index (χ1n) is 4.52. The summed E-state index contributed by atoms with van der Waals surface area (Å²) < 4.78 is 5.55. The van der Waals surface area contributed by atoms with Crippen molar-refractivity contribution in [1.82, 2.24) is 0 Å². The monoisotopic (exact) mass is 329 g/mol. The molecule has 0 heterocycles. The number of halogens is 2. The molecule has 0 saturated carbocycles. The van der Waals surface area contributed by atoms with Gasteiger partial charge in [-0.1, -0.05) is 30.3 Å².